The van der Waals surface area contributed by atoms with E-state index in [1.54, 1.807) is 13.3 Å². The number of carbonyl (C=O) groups is 1. The first-order chi connectivity index (χ1) is 11.7. The number of piperidine rings is 1. The summed E-state index contributed by atoms with van der Waals surface area (Å²) in [6, 6.07) is 11.9. The summed E-state index contributed by atoms with van der Waals surface area (Å²) >= 11 is 0. The minimum atomic E-state index is 0.0685. The summed E-state index contributed by atoms with van der Waals surface area (Å²) in [6.45, 7) is 3.74. The van der Waals surface area contributed by atoms with Gasteiger partial charge in [0.1, 0.15) is 0 Å². The van der Waals surface area contributed by atoms with Crippen LogP contribution in [0, 0.1) is 0 Å². The molecule has 4 heteroatoms. The lowest BCUT2D eigenvalue weighted by Gasteiger charge is -2.26. The van der Waals surface area contributed by atoms with Crippen LogP contribution >= 0.6 is 0 Å². The fourth-order valence-electron chi connectivity index (χ4n) is 3.06. The first kappa shape index (κ1) is 16.7. The van der Waals surface area contributed by atoms with Crippen molar-refractivity contribution in [1.29, 1.82) is 0 Å². The molecule has 1 atom stereocenters. The molecule has 3 rings (SSSR count). The molecule has 126 valence electrons. The molecule has 1 amide bonds. The van der Waals surface area contributed by atoms with E-state index in [0.717, 1.165) is 48.3 Å². The summed E-state index contributed by atoms with van der Waals surface area (Å²) in [5, 5.41) is 0. The number of hydrogen-bond acceptors (Lipinski definition) is 3. The lowest BCUT2D eigenvalue weighted by Crippen LogP contribution is -2.35. The van der Waals surface area contributed by atoms with Crippen LogP contribution in [0.5, 0.6) is 0 Å². The standard InChI is InChI=1S/C20H24N2O2/c1-15(24-2)16-6-8-17(9-7-16)19-14-18(10-11-21-19)20(23)22-12-4-3-5-13-22/h6-11,14-15H,3-5,12-13H2,1-2H3/t15-/m1/s1. The lowest BCUT2D eigenvalue weighted by atomic mass is 10.0. The number of hydrogen-bond donors (Lipinski definition) is 0. The molecule has 0 spiro atoms. The van der Waals surface area contributed by atoms with Crippen LogP contribution in [-0.4, -0.2) is 36.0 Å². The Morgan fingerprint density at radius 1 is 1.12 bits per heavy atom. The third-order valence-corrected chi connectivity index (χ3v) is 4.68. The Morgan fingerprint density at radius 3 is 2.50 bits per heavy atom. The van der Waals surface area contributed by atoms with Crippen LogP contribution in [0.2, 0.25) is 0 Å². The lowest BCUT2D eigenvalue weighted by molar-refractivity contribution is 0.0724. The van der Waals surface area contributed by atoms with Gasteiger partial charge in [-0.15, -0.1) is 0 Å². The molecule has 1 saturated heterocycles. The Bertz CT molecular complexity index is 691. The maximum Gasteiger partial charge on any atom is 0.253 e. The van der Waals surface area contributed by atoms with Crippen LogP contribution in [0.15, 0.2) is 42.6 Å². The molecule has 1 fully saturated rings. The quantitative estimate of drug-likeness (QED) is 0.851. The van der Waals surface area contributed by atoms with Gasteiger partial charge in [0, 0.05) is 37.5 Å². The van der Waals surface area contributed by atoms with Crippen molar-refractivity contribution in [3.63, 3.8) is 0 Å². The van der Waals surface area contributed by atoms with E-state index in [0.29, 0.717) is 0 Å². The summed E-state index contributed by atoms with van der Waals surface area (Å²) in [5.74, 6) is 0.114. The number of benzene rings is 1. The van der Waals surface area contributed by atoms with E-state index in [1.807, 2.05) is 48.2 Å². The fourth-order valence-corrected chi connectivity index (χ4v) is 3.06. The van der Waals surface area contributed by atoms with Gasteiger partial charge in [-0.2, -0.15) is 0 Å². The molecule has 2 heterocycles. The Labute approximate surface area is 143 Å². The molecule has 1 aliphatic rings. The van der Waals surface area contributed by atoms with Gasteiger partial charge in [-0.25, -0.2) is 0 Å². The van der Waals surface area contributed by atoms with Crippen LogP contribution in [0.1, 0.15) is 48.2 Å². The summed E-state index contributed by atoms with van der Waals surface area (Å²) in [6.07, 6.45) is 5.21. The number of likely N-dealkylation sites (tertiary alicyclic amines) is 1. The molecule has 0 aliphatic carbocycles. The number of methoxy groups -OCH3 is 1. The molecular weight excluding hydrogens is 300 g/mol. The van der Waals surface area contributed by atoms with Gasteiger partial charge in [0.15, 0.2) is 0 Å². The molecule has 24 heavy (non-hydrogen) atoms. The largest absolute Gasteiger partial charge is 0.377 e. The number of carbonyl (C=O) groups excluding carboxylic acids is 1. The van der Waals surface area contributed by atoms with E-state index in [1.165, 1.54) is 6.42 Å². The van der Waals surface area contributed by atoms with Gasteiger partial charge in [-0.3, -0.25) is 9.78 Å². The molecular formula is C20H24N2O2. The molecule has 2 aromatic rings. The number of amides is 1. The number of nitrogens with zero attached hydrogens (tertiary/aromatic N) is 2. The summed E-state index contributed by atoms with van der Waals surface area (Å²) in [5.41, 5.74) is 3.68. The van der Waals surface area contributed by atoms with Crippen molar-refractivity contribution in [2.24, 2.45) is 0 Å². The van der Waals surface area contributed by atoms with Crippen molar-refractivity contribution in [1.82, 2.24) is 9.88 Å². The first-order valence-electron chi connectivity index (χ1n) is 8.57. The van der Waals surface area contributed by atoms with Crippen molar-refractivity contribution >= 4 is 5.91 Å². The normalized spacial score (nSPS) is 16.0. The number of aromatic nitrogens is 1. The van der Waals surface area contributed by atoms with Crippen LogP contribution in [0.4, 0.5) is 0 Å². The second-order valence-electron chi connectivity index (χ2n) is 6.28. The van der Waals surface area contributed by atoms with Gasteiger partial charge in [-0.1, -0.05) is 24.3 Å². The highest BCUT2D eigenvalue weighted by molar-refractivity contribution is 5.95. The van der Waals surface area contributed by atoms with Crippen molar-refractivity contribution in [3.8, 4) is 11.3 Å². The Morgan fingerprint density at radius 2 is 1.83 bits per heavy atom. The summed E-state index contributed by atoms with van der Waals surface area (Å²) < 4.78 is 5.33. The van der Waals surface area contributed by atoms with Crippen LogP contribution in [-0.2, 0) is 4.74 Å². The molecule has 0 N–H and O–H groups in total. The highest BCUT2D eigenvalue weighted by Gasteiger charge is 2.18. The average molecular weight is 324 g/mol. The topological polar surface area (TPSA) is 42.4 Å². The van der Waals surface area contributed by atoms with E-state index in [4.69, 9.17) is 4.74 Å². The fraction of sp³-hybridized carbons (Fsp3) is 0.400. The number of rotatable bonds is 4. The van der Waals surface area contributed by atoms with E-state index < -0.39 is 0 Å². The Balaban J connectivity index is 1.81. The van der Waals surface area contributed by atoms with Crippen molar-refractivity contribution in [3.05, 3.63) is 53.7 Å². The Kier molecular flexibility index (Phi) is 5.26. The molecule has 4 nitrogen and oxygen atoms in total. The van der Waals surface area contributed by atoms with Crippen LogP contribution in [0.3, 0.4) is 0 Å². The first-order valence-corrected chi connectivity index (χ1v) is 8.57. The van der Waals surface area contributed by atoms with E-state index in [9.17, 15) is 4.79 Å². The van der Waals surface area contributed by atoms with Gasteiger partial charge < -0.3 is 9.64 Å². The molecule has 0 radical (unpaired) electrons. The third kappa shape index (κ3) is 3.65. The molecule has 1 aromatic carbocycles. The van der Waals surface area contributed by atoms with Gasteiger partial charge in [0.2, 0.25) is 0 Å². The molecule has 1 aromatic heterocycles. The molecule has 0 unspecified atom stereocenters. The van der Waals surface area contributed by atoms with Crippen molar-refractivity contribution in [2.45, 2.75) is 32.3 Å². The molecule has 0 bridgehead atoms. The highest BCUT2D eigenvalue weighted by Crippen LogP contribution is 2.23. The van der Waals surface area contributed by atoms with E-state index >= 15 is 0 Å². The zero-order valence-electron chi connectivity index (χ0n) is 14.4. The summed E-state index contributed by atoms with van der Waals surface area (Å²) in [7, 11) is 1.70. The predicted octanol–water partition coefficient (Wildman–Crippen LogP) is 4.08. The third-order valence-electron chi connectivity index (χ3n) is 4.68. The Hall–Kier alpha value is -2.20. The van der Waals surface area contributed by atoms with Gasteiger partial charge in [0.05, 0.1) is 11.8 Å². The van der Waals surface area contributed by atoms with Gasteiger partial charge in [-0.05, 0) is 43.9 Å². The number of pyridine rings is 1. The molecule has 0 saturated carbocycles. The zero-order valence-corrected chi connectivity index (χ0v) is 14.4. The van der Waals surface area contributed by atoms with Crippen LogP contribution < -0.4 is 0 Å². The van der Waals surface area contributed by atoms with Gasteiger partial charge >= 0.3 is 0 Å². The van der Waals surface area contributed by atoms with E-state index in [-0.39, 0.29) is 12.0 Å². The monoisotopic (exact) mass is 324 g/mol. The maximum atomic E-state index is 12.6. The molecule has 1 aliphatic heterocycles. The maximum absolute atomic E-state index is 12.6. The van der Waals surface area contributed by atoms with E-state index in [2.05, 4.69) is 4.98 Å². The van der Waals surface area contributed by atoms with Crippen LogP contribution in [0.25, 0.3) is 11.3 Å². The minimum absolute atomic E-state index is 0.0685. The summed E-state index contributed by atoms with van der Waals surface area (Å²) in [4.78, 5) is 19.0. The smallest absolute Gasteiger partial charge is 0.253 e. The minimum Gasteiger partial charge on any atom is -0.377 e. The number of ether oxygens (including phenoxy) is 1. The van der Waals surface area contributed by atoms with Gasteiger partial charge in [0.25, 0.3) is 5.91 Å². The average Bonchev–Trinajstić information content (AvgIpc) is 2.67. The second kappa shape index (κ2) is 7.58. The van der Waals surface area contributed by atoms with Crippen molar-refractivity contribution < 1.29 is 9.53 Å². The second-order valence-corrected chi connectivity index (χ2v) is 6.28. The van der Waals surface area contributed by atoms with Crippen molar-refractivity contribution in [2.75, 3.05) is 20.2 Å². The zero-order chi connectivity index (χ0) is 16.9. The SMILES string of the molecule is CO[C@H](C)c1ccc(-c2cc(C(=O)N3CCCCC3)ccn2)cc1. The predicted molar refractivity (Wildman–Crippen MR) is 94.9 cm³/mol. The highest BCUT2D eigenvalue weighted by atomic mass is 16.5.